The first-order valence-corrected chi connectivity index (χ1v) is 6.75. The second-order valence-electron chi connectivity index (χ2n) is 4.23. The molecule has 0 radical (unpaired) electrons. The molecule has 1 aromatic carbocycles. The second kappa shape index (κ2) is 6.34. The number of thiocarbonyl (C=S) groups is 1. The van der Waals surface area contributed by atoms with E-state index in [0.29, 0.717) is 11.6 Å². The van der Waals surface area contributed by atoms with Crippen molar-refractivity contribution in [1.82, 2.24) is 4.98 Å². The number of anilines is 2. The van der Waals surface area contributed by atoms with E-state index in [9.17, 15) is 0 Å². The highest BCUT2D eigenvalue weighted by Crippen LogP contribution is 2.30. The number of hydrogen-bond acceptors (Lipinski definition) is 4. The molecule has 1 heterocycles. The van der Waals surface area contributed by atoms with Crippen molar-refractivity contribution in [1.29, 1.82) is 0 Å². The lowest BCUT2D eigenvalue weighted by Gasteiger charge is -2.21. The van der Waals surface area contributed by atoms with Gasteiger partial charge in [-0.2, -0.15) is 0 Å². The second-order valence-corrected chi connectivity index (χ2v) is 4.67. The van der Waals surface area contributed by atoms with Crippen LogP contribution in [0.5, 0.6) is 5.75 Å². The van der Waals surface area contributed by atoms with Crippen LogP contribution in [0.25, 0.3) is 0 Å². The van der Waals surface area contributed by atoms with Crippen LogP contribution < -0.4 is 15.4 Å². The van der Waals surface area contributed by atoms with Gasteiger partial charge in [0.05, 0.1) is 6.61 Å². The highest BCUT2D eigenvalue weighted by molar-refractivity contribution is 7.80. The normalized spacial score (nSPS) is 10.1. The predicted octanol–water partition coefficient (Wildman–Crippen LogP) is 2.88. The standard InChI is InChI=1S/C15H17N3OS/c1-3-19-13-8-5-9-17-15(13)18(2)12-7-4-6-11(10-12)14(16)20/h4-10H,3H2,1-2H3,(H2,16,20). The third-order valence-electron chi connectivity index (χ3n) is 2.89. The summed E-state index contributed by atoms with van der Waals surface area (Å²) in [5, 5.41) is 0. The molecule has 4 nitrogen and oxygen atoms in total. The van der Waals surface area contributed by atoms with Gasteiger partial charge < -0.3 is 15.4 Å². The number of pyridine rings is 1. The lowest BCUT2D eigenvalue weighted by Crippen LogP contribution is -2.15. The molecule has 20 heavy (non-hydrogen) atoms. The Morgan fingerprint density at radius 1 is 1.35 bits per heavy atom. The quantitative estimate of drug-likeness (QED) is 0.857. The Morgan fingerprint density at radius 3 is 2.85 bits per heavy atom. The number of aromatic nitrogens is 1. The molecule has 0 aliphatic heterocycles. The zero-order valence-corrected chi connectivity index (χ0v) is 12.4. The maximum absolute atomic E-state index is 5.67. The first kappa shape index (κ1) is 14.3. The Bertz CT molecular complexity index is 616. The van der Waals surface area contributed by atoms with E-state index in [1.807, 2.05) is 55.3 Å². The summed E-state index contributed by atoms with van der Waals surface area (Å²) in [6, 6.07) is 11.5. The summed E-state index contributed by atoms with van der Waals surface area (Å²) in [5.74, 6) is 1.51. The molecule has 2 N–H and O–H groups in total. The highest BCUT2D eigenvalue weighted by Gasteiger charge is 2.12. The van der Waals surface area contributed by atoms with Crippen LogP contribution in [0, 0.1) is 0 Å². The largest absolute Gasteiger partial charge is 0.490 e. The lowest BCUT2D eigenvalue weighted by atomic mass is 10.2. The number of ether oxygens (including phenoxy) is 1. The van der Waals surface area contributed by atoms with Gasteiger partial charge in [0.15, 0.2) is 11.6 Å². The number of hydrogen-bond donors (Lipinski definition) is 1. The summed E-state index contributed by atoms with van der Waals surface area (Å²) in [6.07, 6.45) is 1.74. The smallest absolute Gasteiger partial charge is 0.175 e. The Kier molecular flexibility index (Phi) is 4.53. The van der Waals surface area contributed by atoms with Crippen LogP contribution >= 0.6 is 12.2 Å². The van der Waals surface area contributed by atoms with E-state index < -0.39 is 0 Å². The van der Waals surface area contributed by atoms with Gasteiger partial charge in [0.1, 0.15) is 4.99 Å². The molecular formula is C15H17N3OS. The van der Waals surface area contributed by atoms with E-state index in [2.05, 4.69) is 4.98 Å². The molecule has 2 aromatic rings. The Hall–Kier alpha value is -2.14. The molecule has 5 heteroatoms. The van der Waals surface area contributed by atoms with Gasteiger partial charge >= 0.3 is 0 Å². The van der Waals surface area contributed by atoms with E-state index in [1.165, 1.54) is 0 Å². The van der Waals surface area contributed by atoms with Crippen LogP contribution in [0.4, 0.5) is 11.5 Å². The van der Waals surface area contributed by atoms with Crippen molar-refractivity contribution in [3.63, 3.8) is 0 Å². The van der Waals surface area contributed by atoms with Gasteiger partial charge in [0.2, 0.25) is 0 Å². The van der Waals surface area contributed by atoms with Crippen LogP contribution in [0.1, 0.15) is 12.5 Å². The molecule has 0 spiro atoms. The molecule has 0 fully saturated rings. The molecular weight excluding hydrogens is 270 g/mol. The molecule has 0 amide bonds. The van der Waals surface area contributed by atoms with Crippen molar-refractivity contribution in [2.45, 2.75) is 6.92 Å². The Morgan fingerprint density at radius 2 is 2.15 bits per heavy atom. The van der Waals surface area contributed by atoms with E-state index in [0.717, 1.165) is 22.8 Å². The van der Waals surface area contributed by atoms with Gasteiger partial charge in [-0.1, -0.05) is 24.4 Å². The van der Waals surface area contributed by atoms with Crippen molar-refractivity contribution in [3.8, 4) is 5.75 Å². The minimum absolute atomic E-state index is 0.381. The molecule has 0 bridgehead atoms. The van der Waals surface area contributed by atoms with Crippen LogP contribution in [-0.4, -0.2) is 23.6 Å². The first-order chi connectivity index (χ1) is 9.63. The zero-order valence-electron chi connectivity index (χ0n) is 11.5. The molecule has 1 aromatic heterocycles. The molecule has 0 atom stereocenters. The van der Waals surface area contributed by atoms with Gasteiger partial charge in [0.25, 0.3) is 0 Å². The van der Waals surface area contributed by atoms with Crippen LogP contribution in [0.15, 0.2) is 42.6 Å². The van der Waals surface area contributed by atoms with Crippen molar-refractivity contribution in [3.05, 3.63) is 48.2 Å². The third-order valence-corrected chi connectivity index (χ3v) is 3.12. The van der Waals surface area contributed by atoms with Gasteiger partial charge in [-0.15, -0.1) is 0 Å². The fourth-order valence-electron chi connectivity index (χ4n) is 1.89. The number of nitrogens with zero attached hydrogens (tertiary/aromatic N) is 2. The fourth-order valence-corrected chi connectivity index (χ4v) is 2.02. The van der Waals surface area contributed by atoms with E-state index >= 15 is 0 Å². The minimum Gasteiger partial charge on any atom is -0.490 e. The zero-order chi connectivity index (χ0) is 14.5. The summed E-state index contributed by atoms with van der Waals surface area (Å²) in [7, 11) is 1.93. The summed E-state index contributed by atoms with van der Waals surface area (Å²) in [6.45, 7) is 2.55. The SMILES string of the molecule is CCOc1cccnc1N(C)c1cccc(C(N)=S)c1. The number of benzene rings is 1. The molecule has 0 aliphatic carbocycles. The predicted molar refractivity (Wildman–Crippen MR) is 85.8 cm³/mol. The van der Waals surface area contributed by atoms with Gasteiger partial charge in [-0.25, -0.2) is 4.98 Å². The average Bonchev–Trinajstić information content (AvgIpc) is 2.47. The van der Waals surface area contributed by atoms with Gasteiger partial charge in [-0.05, 0) is 31.2 Å². The topological polar surface area (TPSA) is 51.4 Å². The molecule has 0 saturated carbocycles. The maximum Gasteiger partial charge on any atom is 0.175 e. The van der Waals surface area contributed by atoms with Crippen LogP contribution in [0.2, 0.25) is 0 Å². The Labute approximate surface area is 124 Å². The first-order valence-electron chi connectivity index (χ1n) is 6.35. The van der Waals surface area contributed by atoms with Gasteiger partial charge in [-0.3, -0.25) is 0 Å². The van der Waals surface area contributed by atoms with Crippen molar-refractivity contribution in [2.75, 3.05) is 18.6 Å². The average molecular weight is 287 g/mol. The third kappa shape index (κ3) is 3.05. The summed E-state index contributed by atoms with van der Waals surface area (Å²) < 4.78 is 5.60. The molecule has 2 rings (SSSR count). The lowest BCUT2D eigenvalue weighted by molar-refractivity contribution is 0.340. The Balaban J connectivity index is 2.38. The summed E-state index contributed by atoms with van der Waals surface area (Å²) in [4.78, 5) is 6.72. The van der Waals surface area contributed by atoms with Gasteiger partial charge in [0, 0.05) is 24.5 Å². The van der Waals surface area contributed by atoms with E-state index in [4.69, 9.17) is 22.7 Å². The van der Waals surface area contributed by atoms with Crippen molar-refractivity contribution < 1.29 is 4.74 Å². The molecule has 0 saturated heterocycles. The molecule has 0 aliphatic rings. The summed E-state index contributed by atoms with van der Waals surface area (Å²) >= 11 is 5.01. The van der Waals surface area contributed by atoms with Crippen LogP contribution in [-0.2, 0) is 0 Å². The highest BCUT2D eigenvalue weighted by atomic mass is 32.1. The molecule has 0 unspecified atom stereocenters. The monoisotopic (exact) mass is 287 g/mol. The summed E-state index contributed by atoms with van der Waals surface area (Å²) in [5.41, 5.74) is 7.46. The number of nitrogens with two attached hydrogens (primary N) is 1. The van der Waals surface area contributed by atoms with Crippen molar-refractivity contribution in [2.24, 2.45) is 5.73 Å². The van der Waals surface area contributed by atoms with Crippen LogP contribution in [0.3, 0.4) is 0 Å². The minimum atomic E-state index is 0.381. The fraction of sp³-hybridized carbons (Fsp3) is 0.200. The maximum atomic E-state index is 5.67. The van der Waals surface area contributed by atoms with E-state index in [1.54, 1.807) is 6.20 Å². The number of rotatable bonds is 5. The van der Waals surface area contributed by atoms with E-state index in [-0.39, 0.29) is 0 Å². The van der Waals surface area contributed by atoms with Crippen molar-refractivity contribution >= 4 is 28.7 Å². The molecule has 104 valence electrons.